The Morgan fingerprint density at radius 1 is 1.04 bits per heavy atom. The van der Waals surface area contributed by atoms with Gasteiger partial charge in [0.2, 0.25) is 5.91 Å². The molecule has 7 nitrogen and oxygen atoms in total. The minimum atomic E-state index is -0.736. The number of amides is 1. The van der Waals surface area contributed by atoms with Gasteiger partial charge < -0.3 is 19.6 Å². The molecule has 3 N–H and O–H groups in total. The van der Waals surface area contributed by atoms with Crippen molar-refractivity contribution < 1.29 is 23.9 Å². The molecular weight excluding hydrogens is 324 g/mol. The van der Waals surface area contributed by atoms with Crippen molar-refractivity contribution in [2.24, 2.45) is 5.90 Å². The zero-order chi connectivity index (χ0) is 18.2. The van der Waals surface area contributed by atoms with Crippen LogP contribution in [-0.2, 0) is 9.63 Å². The van der Waals surface area contributed by atoms with E-state index < -0.39 is 11.9 Å². The van der Waals surface area contributed by atoms with E-state index in [-0.39, 0.29) is 5.56 Å². The maximum absolute atomic E-state index is 12.1. The monoisotopic (exact) mass is 342 g/mol. The number of hydrogen-bond acceptors (Lipinski definition) is 6. The summed E-state index contributed by atoms with van der Waals surface area (Å²) in [5.41, 5.74) is 1.22. The van der Waals surface area contributed by atoms with Crippen molar-refractivity contribution in [3.8, 4) is 11.5 Å². The minimum Gasteiger partial charge on any atom is -0.493 e. The largest absolute Gasteiger partial charge is 0.493 e. The molecule has 0 spiro atoms. The van der Waals surface area contributed by atoms with Crippen LogP contribution < -0.4 is 20.7 Å². The minimum absolute atomic E-state index is 0.165. The normalized spacial score (nSPS) is 10.4. The van der Waals surface area contributed by atoms with Gasteiger partial charge in [0, 0.05) is 6.08 Å². The van der Waals surface area contributed by atoms with E-state index in [1.165, 1.54) is 19.3 Å². The number of benzene rings is 2. The van der Waals surface area contributed by atoms with Crippen LogP contribution in [0.4, 0.5) is 5.69 Å². The number of nitrogens with two attached hydrogens (primary N) is 1. The maximum atomic E-state index is 12.1. The second-order valence-electron chi connectivity index (χ2n) is 4.89. The molecule has 7 heteroatoms. The van der Waals surface area contributed by atoms with Crippen molar-refractivity contribution in [3.05, 3.63) is 59.7 Å². The molecule has 2 aromatic carbocycles. The number of carbonyl (C=O) groups is 2. The summed E-state index contributed by atoms with van der Waals surface area (Å²) in [5.74, 6) is 4.90. The molecule has 130 valence electrons. The number of ether oxygens (including phenoxy) is 2. The lowest BCUT2D eigenvalue weighted by Crippen LogP contribution is -2.15. The SMILES string of the molecule is COc1ccc(/C=C/C(=O)Nc2ccccc2C(=O)ON)cc1OC. The zero-order valence-electron chi connectivity index (χ0n) is 13.8. The second kappa shape index (κ2) is 8.51. The van der Waals surface area contributed by atoms with Gasteiger partial charge in [-0.15, -0.1) is 0 Å². The zero-order valence-corrected chi connectivity index (χ0v) is 13.8. The summed E-state index contributed by atoms with van der Waals surface area (Å²) in [6.45, 7) is 0. The average molecular weight is 342 g/mol. The molecule has 25 heavy (non-hydrogen) atoms. The Morgan fingerprint density at radius 2 is 1.76 bits per heavy atom. The van der Waals surface area contributed by atoms with Crippen molar-refractivity contribution in [2.45, 2.75) is 0 Å². The topological polar surface area (TPSA) is 99.9 Å². The van der Waals surface area contributed by atoms with E-state index in [0.717, 1.165) is 5.56 Å². The quantitative estimate of drug-likeness (QED) is 0.618. The first kappa shape index (κ1) is 18.0. The first-order chi connectivity index (χ1) is 12.1. The van der Waals surface area contributed by atoms with Crippen LogP contribution in [-0.4, -0.2) is 26.1 Å². The molecule has 0 bridgehead atoms. The lowest BCUT2D eigenvalue weighted by molar-refractivity contribution is -0.111. The van der Waals surface area contributed by atoms with Crippen LogP contribution in [0.15, 0.2) is 48.5 Å². The van der Waals surface area contributed by atoms with Gasteiger partial charge in [0.05, 0.1) is 25.5 Å². The van der Waals surface area contributed by atoms with E-state index >= 15 is 0 Å². The summed E-state index contributed by atoms with van der Waals surface area (Å²) in [4.78, 5) is 27.9. The van der Waals surface area contributed by atoms with Crippen molar-refractivity contribution in [2.75, 3.05) is 19.5 Å². The van der Waals surface area contributed by atoms with Gasteiger partial charge >= 0.3 is 5.97 Å². The highest BCUT2D eigenvalue weighted by molar-refractivity contribution is 6.06. The number of hydrogen-bond donors (Lipinski definition) is 2. The Labute approximate surface area is 144 Å². The molecule has 0 aliphatic rings. The third-order valence-electron chi connectivity index (χ3n) is 3.35. The van der Waals surface area contributed by atoms with Crippen LogP contribution in [0.5, 0.6) is 11.5 Å². The predicted octanol–water partition coefficient (Wildman–Crippen LogP) is 2.39. The van der Waals surface area contributed by atoms with Crippen molar-refractivity contribution in [3.63, 3.8) is 0 Å². The molecule has 0 fully saturated rings. The number of methoxy groups -OCH3 is 2. The van der Waals surface area contributed by atoms with Gasteiger partial charge in [-0.25, -0.2) is 4.79 Å². The molecule has 2 rings (SSSR count). The van der Waals surface area contributed by atoms with Gasteiger partial charge in [-0.2, -0.15) is 5.90 Å². The van der Waals surface area contributed by atoms with Crippen molar-refractivity contribution in [1.29, 1.82) is 0 Å². The molecule has 0 aliphatic heterocycles. The lowest BCUT2D eigenvalue weighted by atomic mass is 10.1. The van der Waals surface area contributed by atoms with E-state index in [1.54, 1.807) is 49.6 Å². The van der Waals surface area contributed by atoms with Crippen molar-refractivity contribution in [1.82, 2.24) is 0 Å². The number of carbonyl (C=O) groups excluding carboxylic acids is 2. The lowest BCUT2D eigenvalue weighted by Gasteiger charge is -2.08. The number of rotatable bonds is 6. The highest BCUT2D eigenvalue weighted by Gasteiger charge is 2.12. The fraction of sp³-hybridized carbons (Fsp3) is 0.111. The van der Waals surface area contributed by atoms with Crippen LogP contribution in [0.3, 0.4) is 0 Å². The fourth-order valence-electron chi connectivity index (χ4n) is 2.14. The standard InChI is InChI=1S/C18H18N2O5/c1-23-15-9-7-12(11-16(15)24-2)8-10-17(21)20-14-6-4-3-5-13(14)18(22)25-19/h3-11H,19H2,1-2H3,(H,20,21)/b10-8+. The van der Waals surface area contributed by atoms with Crippen LogP contribution in [0.25, 0.3) is 6.08 Å². The Bertz CT molecular complexity index is 802. The molecule has 2 aromatic rings. The summed E-state index contributed by atoms with van der Waals surface area (Å²) < 4.78 is 10.4. The Balaban J connectivity index is 2.13. The first-order valence-corrected chi connectivity index (χ1v) is 7.30. The Morgan fingerprint density at radius 3 is 2.44 bits per heavy atom. The van der Waals surface area contributed by atoms with Gasteiger partial charge in [-0.3, -0.25) is 4.79 Å². The predicted molar refractivity (Wildman–Crippen MR) is 93.3 cm³/mol. The summed E-state index contributed by atoms with van der Waals surface area (Å²) in [6, 6.07) is 11.7. The number of para-hydroxylation sites is 1. The number of nitrogens with one attached hydrogen (secondary N) is 1. The molecule has 0 aromatic heterocycles. The molecule has 0 saturated carbocycles. The third kappa shape index (κ3) is 4.58. The van der Waals surface area contributed by atoms with E-state index in [2.05, 4.69) is 10.2 Å². The summed E-state index contributed by atoms with van der Waals surface area (Å²) in [7, 11) is 3.08. The average Bonchev–Trinajstić information content (AvgIpc) is 2.65. The van der Waals surface area contributed by atoms with Gasteiger partial charge in [-0.05, 0) is 35.9 Å². The molecule has 0 saturated heterocycles. The summed E-state index contributed by atoms with van der Waals surface area (Å²) >= 11 is 0. The summed E-state index contributed by atoms with van der Waals surface area (Å²) in [6.07, 6.45) is 2.95. The van der Waals surface area contributed by atoms with Crippen molar-refractivity contribution >= 4 is 23.6 Å². The number of anilines is 1. The molecule has 0 radical (unpaired) electrons. The van der Waals surface area contributed by atoms with E-state index in [0.29, 0.717) is 17.2 Å². The second-order valence-corrected chi connectivity index (χ2v) is 4.89. The van der Waals surface area contributed by atoms with E-state index in [4.69, 9.17) is 15.4 Å². The molecule has 0 aliphatic carbocycles. The van der Waals surface area contributed by atoms with Gasteiger partial charge in [-0.1, -0.05) is 18.2 Å². The van der Waals surface area contributed by atoms with E-state index in [9.17, 15) is 9.59 Å². The molecular formula is C18H18N2O5. The third-order valence-corrected chi connectivity index (χ3v) is 3.35. The Hall–Kier alpha value is -3.32. The molecule has 0 atom stereocenters. The molecule has 0 heterocycles. The van der Waals surface area contributed by atoms with Gasteiger partial charge in [0.15, 0.2) is 11.5 Å². The van der Waals surface area contributed by atoms with Crippen LogP contribution in [0.1, 0.15) is 15.9 Å². The highest BCUT2D eigenvalue weighted by Crippen LogP contribution is 2.28. The van der Waals surface area contributed by atoms with Gasteiger partial charge in [0.25, 0.3) is 0 Å². The smallest absolute Gasteiger partial charge is 0.358 e. The van der Waals surface area contributed by atoms with Crippen LogP contribution in [0.2, 0.25) is 0 Å². The highest BCUT2D eigenvalue weighted by atomic mass is 16.7. The fourth-order valence-corrected chi connectivity index (χ4v) is 2.14. The molecule has 1 amide bonds. The van der Waals surface area contributed by atoms with E-state index in [1.807, 2.05) is 0 Å². The van der Waals surface area contributed by atoms with Crippen LogP contribution in [0, 0.1) is 0 Å². The summed E-state index contributed by atoms with van der Waals surface area (Å²) in [5, 5.41) is 2.61. The first-order valence-electron chi connectivity index (χ1n) is 7.30. The maximum Gasteiger partial charge on any atom is 0.358 e. The van der Waals surface area contributed by atoms with Gasteiger partial charge in [0.1, 0.15) is 0 Å². The Kier molecular flexibility index (Phi) is 6.14. The molecule has 0 unspecified atom stereocenters. The van der Waals surface area contributed by atoms with Crippen LogP contribution >= 0.6 is 0 Å².